The molecular weight excluding hydrogens is 272 g/mol. The fraction of sp³-hybridized carbons (Fsp3) is 0.550. The van der Waals surface area contributed by atoms with Crippen LogP contribution in [0.15, 0.2) is 48.6 Å². The molecule has 0 aromatic heterocycles. The van der Waals surface area contributed by atoms with Crippen molar-refractivity contribution in [1.29, 1.82) is 0 Å². The predicted octanol–water partition coefficient (Wildman–Crippen LogP) is 6.22. The Morgan fingerprint density at radius 1 is 0.727 bits per heavy atom. The predicted molar refractivity (Wildman–Crippen MR) is 96.0 cm³/mol. The molecule has 2 nitrogen and oxygen atoms in total. The topological polar surface area (TPSA) is 37.3 Å². The standard InChI is InChI=1S/C20H32O2/c1-2-3-4-5-6-7-8-9-10-11-12-13-14-15-16-17-18-19-20(21)22/h7-8,10-11,13-14,16-17H,2-6,9,12,15,18-19H2,1H3,(H,21,22)/b8-7-,11-10-,14-13-,17-16-. The summed E-state index contributed by atoms with van der Waals surface area (Å²) in [6, 6.07) is 0. The lowest BCUT2D eigenvalue weighted by atomic mass is 10.1. The highest BCUT2D eigenvalue weighted by Gasteiger charge is 1.90. The molecule has 22 heavy (non-hydrogen) atoms. The van der Waals surface area contributed by atoms with Gasteiger partial charge in [-0.2, -0.15) is 0 Å². The van der Waals surface area contributed by atoms with E-state index in [0.29, 0.717) is 6.42 Å². The second kappa shape index (κ2) is 17.5. The third kappa shape index (κ3) is 18.4. The van der Waals surface area contributed by atoms with Crippen LogP contribution in [-0.2, 0) is 4.79 Å². The number of carboxylic acids is 1. The molecule has 0 heterocycles. The van der Waals surface area contributed by atoms with Gasteiger partial charge in [0.25, 0.3) is 0 Å². The first-order chi connectivity index (χ1) is 10.8. The molecule has 0 saturated carbocycles. The highest BCUT2D eigenvalue weighted by atomic mass is 16.4. The number of allylic oxidation sites excluding steroid dienone is 8. The Morgan fingerprint density at radius 2 is 1.23 bits per heavy atom. The van der Waals surface area contributed by atoms with Crippen LogP contribution in [0.2, 0.25) is 0 Å². The van der Waals surface area contributed by atoms with Gasteiger partial charge in [0.1, 0.15) is 0 Å². The maximum atomic E-state index is 10.3. The quantitative estimate of drug-likeness (QED) is 0.305. The van der Waals surface area contributed by atoms with E-state index in [2.05, 4.69) is 43.4 Å². The van der Waals surface area contributed by atoms with Crippen molar-refractivity contribution in [2.45, 2.75) is 71.1 Å². The van der Waals surface area contributed by atoms with E-state index in [0.717, 1.165) is 19.3 Å². The number of aliphatic carboxylic acids is 1. The minimum Gasteiger partial charge on any atom is -0.481 e. The van der Waals surface area contributed by atoms with Crippen molar-refractivity contribution in [2.24, 2.45) is 0 Å². The lowest BCUT2D eigenvalue weighted by Crippen LogP contribution is -1.91. The van der Waals surface area contributed by atoms with E-state index in [9.17, 15) is 4.79 Å². The van der Waals surface area contributed by atoms with E-state index in [1.807, 2.05) is 12.2 Å². The first-order valence-corrected chi connectivity index (χ1v) is 8.59. The Hall–Kier alpha value is -1.57. The van der Waals surface area contributed by atoms with Gasteiger partial charge in [-0.3, -0.25) is 4.79 Å². The third-order valence-corrected chi connectivity index (χ3v) is 3.23. The van der Waals surface area contributed by atoms with E-state index in [4.69, 9.17) is 5.11 Å². The highest BCUT2D eigenvalue weighted by Crippen LogP contribution is 2.03. The normalized spacial score (nSPS) is 12.4. The molecule has 0 unspecified atom stereocenters. The Morgan fingerprint density at radius 3 is 1.73 bits per heavy atom. The van der Waals surface area contributed by atoms with Crippen LogP contribution in [0, 0.1) is 0 Å². The minimum absolute atomic E-state index is 0.217. The molecule has 2 heteroatoms. The number of carbonyl (C=O) groups is 1. The lowest BCUT2D eigenvalue weighted by molar-refractivity contribution is -0.136. The number of hydrogen-bond donors (Lipinski definition) is 1. The summed E-state index contributed by atoms with van der Waals surface area (Å²) in [5.41, 5.74) is 0. The fourth-order valence-corrected chi connectivity index (χ4v) is 1.94. The molecule has 0 aliphatic carbocycles. The molecule has 0 fully saturated rings. The Balaban J connectivity index is 3.40. The molecular formula is C20H32O2. The van der Waals surface area contributed by atoms with Gasteiger partial charge in [0.2, 0.25) is 0 Å². The monoisotopic (exact) mass is 304 g/mol. The molecule has 0 bridgehead atoms. The summed E-state index contributed by atoms with van der Waals surface area (Å²) < 4.78 is 0. The zero-order valence-corrected chi connectivity index (χ0v) is 14.0. The van der Waals surface area contributed by atoms with Gasteiger partial charge in [-0.1, -0.05) is 74.8 Å². The van der Waals surface area contributed by atoms with Crippen LogP contribution in [0.3, 0.4) is 0 Å². The van der Waals surface area contributed by atoms with Crippen molar-refractivity contribution >= 4 is 5.97 Å². The van der Waals surface area contributed by atoms with Gasteiger partial charge in [-0.25, -0.2) is 0 Å². The van der Waals surface area contributed by atoms with Crippen molar-refractivity contribution in [3.05, 3.63) is 48.6 Å². The average molecular weight is 304 g/mol. The SMILES string of the molecule is CCCCCC/C=C\C/C=C\C/C=C\C/C=C\CCC(=O)O. The molecule has 0 rings (SSSR count). The number of unbranched alkanes of at least 4 members (excludes halogenated alkanes) is 4. The van der Waals surface area contributed by atoms with E-state index < -0.39 is 5.97 Å². The van der Waals surface area contributed by atoms with Crippen LogP contribution in [0.5, 0.6) is 0 Å². The second-order valence-corrected chi connectivity index (χ2v) is 5.37. The summed E-state index contributed by atoms with van der Waals surface area (Å²) in [5, 5.41) is 8.48. The van der Waals surface area contributed by atoms with E-state index >= 15 is 0 Å². The zero-order valence-electron chi connectivity index (χ0n) is 14.0. The van der Waals surface area contributed by atoms with Crippen LogP contribution in [0.25, 0.3) is 0 Å². The van der Waals surface area contributed by atoms with Crippen molar-refractivity contribution < 1.29 is 9.90 Å². The Labute approximate surface area is 136 Å². The van der Waals surface area contributed by atoms with Crippen molar-refractivity contribution in [3.8, 4) is 0 Å². The summed E-state index contributed by atoms with van der Waals surface area (Å²) >= 11 is 0. The van der Waals surface area contributed by atoms with Crippen LogP contribution in [0.1, 0.15) is 71.1 Å². The van der Waals surface area contributed by atoms with Gasteiger partial charge < -0.3 is 5.11 Å². The lowest BCUT2D eigenvalue weighted by Gasteiger charge is -1.93. The van der Waals surface area contributed by atoms with Gasteiger partial charge in [0.05, 0.1) is 0 Å². The highest BCUT2D eigenvalue weighted by molar-refractivity contribution is 5.66. The molecule has 0 aromatic carbocycles. The van der Waals surface area contributed by atoms with Crippen LogP contribution in [0.4, 0.5) is 0 Å². The van der Waals surface area contributed by atoms with E-state index in [1.54, 1.807) is 0 Å². The van der Waals surface area contributed by atoms with Crippen LogP contribution < -0.4 is 0 Å². The van der Waals surface area contributed by atoms with E-state index in [1.165, 1.54) is 32.1 Å². The molecule has 0 aliphatic rings. The van der Waals surface area contributed by atoms with Gasteiger partial charge in [0.15, 0.2) is 0 Å². The van der Waals surface area contributed by atoms with Crippen molar-refractivity contribution in [1.82, 2.24) is 0 Å². The largest absolute Gasteiger partial charge is 0.481 e. The van der Waals surface area contributed by atoms with Crippen LogP contribution in [-0.4, -0.2) is 11.1 Å². The molecule has 0 amide bonds. The summed E-state index contributed by atoms with van der Waals surface area (Å²) in [4.78, 5) is 10.3. The van der Waals surface area contributed by atoms with E-state index in [-0.39, 0.29) is 6.42 Å². The summed E-state index contributed by atoms with van der Waals surface area (Å²) in [7, 11) is 0. The van der Waals surface area contributed by atoms with Gasteiger partial charge >= 0.3 is 5.97 Å². The fourth-order valence-electron chi connectivity index (χ4n) is 1.94. The Kier molecular flexibility index (Phi) is 16.2. The molecule has 0 aromatic rings. The first-order valence-electron chi connectivity index (χ1n) is 8.59. The summed E-state index contributed by atoms with van der Waals surface area (Å²) in [6.07, 6.45) is 27.4. The van der Waals surface area contributed by atoms with Crippen LogP contribution >= 0.6 is 0 Å². The van der Waals surface area contributed by atoms with Crippen molar-refractivity contribution in [3.63, 3.8) is 0 Å². The molecule has 0 spiro atoms. The maximum absolute atomic E-state index is 10.3. The summed E-state index contributed by atoms with van der Waals surface area (Å²) in [6.45, 7) is 2.24. The molecule has 124 valence electrons. The van der Waals surface area contributed by atoms with Gasteiger partial charge in [0, 0.05) is 6.42 Å². The molecule has 0 atom stereocenters. The summed E-state index contributed by atoms with van der Waals surface area (Å²) in [5.74, 6) is -0.736. The number of carboxylic acid groups (broad SMARTS) is 1. The first kappa shape index (κ1) is 20.4. The third-order valence-electron chi connectivity index (χ3n) is 3.23. The average Bonchev–Trinajstić information content (AvgIpc) is 2.50. The maximum Gasteiger partial charge on any atom is 0.303 e. The molecule has 0 aliphatic heterocycles. The molecule has 0 radical (unpaired) electrons. The molecule has 0 saturated heterocycles. The van der Waals surface area contributed by atoms with Gasteiger partial charge in [-0.05, 0) is 38.5 Å². The second-order valence-electron chi connectivity index (χ2n) is 5.37. The molecule has 1 N–H and O–H groups in total. The number of rotatable bonds is 14. The smallest absolute Gasteiger partial charge is 0.303 e. The van der Waals surface area contributed by atoms with Gasteiger partial charge in [-0.15, -0.1) is 0 Å². The van der Waals surface area contributed by atoms with Crippen molar-refractivity contribution in [2.75, 3.05) is 0 Å². The zero-order chi connectivity index (χ0) is 16.3. The number of hydrogen-bond acceptors (Lipinski definition) is 1. The minimum atomic E-state index is -0.736. The Bertz CT molecular complexity index is 362.